The predicted molar refractivity (Wildman–Crippen MR) is 68.2 cm³/mol. The summed E-state index contributed by atoms with van der Waals surface area (Å²) in [6.07, 6.45) is 9.73. The smallest absolute Gasteiger partial charge is 0.0279 e. The van der Waals surface area contributed by atoms with Gasteiger partial charge in [-0.3, -0.25) is 0 Å². The zero-order chi connectivity index (χ0) is 10.9. The summed E-state index contributed by atoms with van der Waals surface area (Å²) in [6, 6.07) is 8.84. The SMILES string of the molecule is C=CCCCCCCc1cccc(C)c1. The van der Waals surface area contributed by atoms with E-state index in [-0.39, 0.29) is 0 Å². The zero-order valence-electron chi connectivity index (χ0n) is 9.84. The number of rotatable bonds is 7. The van der Waals surface area contributed by atoms with E-state index in [0.29, 0.717) is 0 Å². The molecule has 0 atom stereocenters. The van der Waals surface area contributed by atoms with Gasteiger partial charge in [0.15, 0.2) is 0 Å². The molecule has 0 amide bonds. The lowest BCUT2D eigenvalue weighted by atomic mass is 10.0. The number of benzene rings is 1. The second kappa shape index (κ2) is 7.28. The molecule has 0 fully saturated rings. The van der Waals surface area contributed by atoms with Crippen molar-refractivity contribution in [3.63, 3.8) is 0 Å². The van der Waals surface area contributed by atoms with E-state index in [1.807, 2.05) is 6.08 Å². The van der Waals surface area contributed by atoms with Crippen LogP contribution in [0, 0.1) is 6.92 Å². The summed E-state index contributed by atoms with van der Waals surface area (Å²) in [6.45, 7) is 5.90. The van der Waals surface area contributed by atoms with Crippen molar-refractivity contribution in [2.75, 3.05) is 0 Å². The second-order valence-electron chi connectivity index (χ2n) is 4.23. The molecule has 0 N–H and O–H groups in total. The Bertz CT molecular complexity index is 286. The number of hydrogen-bond donors (Lipinski definition) is 0. The van der Waals surface area contributed by atoms with Gasteiger partial charge in [0.1, 0.15) is 0 Å². The minimum atomic E-state index is 1.17. The summed E-state index contributed by atoms with van der Waals surface area (Å²) < 4.78 is 0. The summed E-state index contributed by atoms with van der Waals surface area (Å²) in [5, 5.41) is 0. The first-order valence-electron chi connectivity index (χ1n) is 5.99. The van der Waals surface area contributed by atoms with Crippen molar-refractivity contribution >= 4 is 0 Å². The van der Waals surface area contributed by atoms with Gasteiger partial charge in [0, 0.05) is 0 Å². The molecule has 0 aromatic heterocycles. The Hall–Kier alpha value is -1.04. The van der Waals surface area contributed by atoms with Gasteiger partial charge in [0.2, 0.25) is 0 Å². The number of aryl methyl sites for hydroxylation is 2. The minimum absolute atomic E-state index is 1.17. The van der Waals surface area contributed by atoms with Gasteiger partial charge in [-0.05, 0) is 38.2 Å². The highest BCUT2D eigenvalue weighted by molar-refractivity contribution is 5.22. The minimum Gasteiger partial charge on any atom is -0.103 e. The average molecular weight is 202 g/mol. The van der Waals surface area contributed by atoms with Crippen LogP contribution in [-0.4, -0.2) is 0 Å². The molecule has 0 aliphatic heterocycles. The van der Waals surface area contributed by atoms with Gasteiger partial charge in [0.25, 0.3) is 0 Å². The van der Waals surface area contributed by atoms with Crippen LogP contribution in [0.15, 0.2) is 36.9 Å². The van der Waals surface area contributed by atoms with E-state index in [4.69, 9.17) is 0 Å². The second-order valence-corrected chi connectivity index (χ2v) is 4.23. The molecule has 0 saturated carbocycles. The monoisotopic (exact) mass is 202 g/mol. The molecule has 0 nitrogen and oxygen atoms in total. The van der Waals surface area contributed by atoms with Crippen LogP contribution in [0.2, 0.25) is 0 Å². The first-order valence-corrected chi connectivity index (χ1v) is 5.99. The van der Waals surface area contributed by atoms with E-state index in [9.17, 15) is 0 Å². The standard InChI is InChI=1S/C15H22/c1-3-4-5-6-7-8-11-15-12-9-10-14(2)13-15/h3,9-10,12-13H,1,4-8,11H2,2H3. The van der Waals surface area contributed by atoms with E-state index in [0.717, 1.165) is 0 Å². The molecular weight excluding hydrogens is 180 g/mol. The Morgan fingerprint density at radius 2 is 1.93 bits per heavy atom. The van der Waals surface area contributed by atoms with E-state index in [1.54, 1.807) is 0 Å². The van der Waals surface area contributed by atoms with Gasteiger partial charge in [-0.1, -0.05) is 48.7 Å². The summed E-state index contributed by atoms with van der Waals surface area (Å²) in [5.74, 6) is 0. The van der Waals surface area contributed by atoms with Crippen LogP contribution in [0.1, 0.15) is 43.2 Å². The van der Waals surface area contributed by atoms with Crippen molar-refractivity contribution in [3.05, 3.63) is 48.0 Å². The highest BCUT2D eigenvalue weighted by atomic mass is 14.0. The molecule has 0 saturated heterocycles. The third-order valence-corrected chi connectivity index (χ3v) is 2.71. The maximum atomic E-state index is 3.74. The molecule has 0 unspecified atom stereocenters. The normalized spacial score (nSPS) is 10.2. The van der Waals surface area contributed by atoms with Crippen LogP contribution in [0.3, 0.4) is 0 Å². The van der Waals surface area contributed by atoms with Crippen LogP contribution >= 0.6 is 0 Å². The van der Waals surface area contributed by atoms with Crippen molar-refractivity contribution in [2.24, 2.45) is 0 Å². The van der Waals surface area contributed by atoms with Crippen molar-refractivity contribution in [1.82, 2.24) is 0 Å². The van der Waals surface area contributed by atoms with Gasteiger partial charge in [-0.2, -0.15) is 0 Å². The fourth-order valence-electron chi connectivity index (χ4n) is 1.84. The third-order valence-electron chi connectivity index (χ3n) is 2.71. The Balaban J connectivity index is 2.12. The highest BCUT2D eigenvalue weighted by Crippen LogP contribution is 2.10. The van der Waals surface area contributed by atoms with Gasteiger partial charge >= 0.3 is 0 Å². The maximum absolute atomic E-state index is 3.74. The lowest BCUT2D eigenvalue weighted by molar-refractivity contribution is 0.646. The van der Waals surface area contributed by atoms with E-state index in [2.05, 4.69) is 37.8 Å². The first kappa shape index (κ1) is 12.0. The molecule has 0 aliphatic rings. The van der Waals surface area contributed by atoms with Crippen LogP contribution in [0.25, 0.3) is 0 Å². The predicted octanol–water partition coefficient (Wildman–Crippen LogP) is 4.67. The van der Waals surface area contributed by atoms with Gasteiger partial charge in [-0.25, -0.2) is 0 Å². The van der Waals surface area contributed by atoms with Crippen LogP contribution in [0.4, 0.5) is 0 Å². The lowest BCUT2D eigenvalue weighted by Crippen LogP contribution is -1.86. The van der Waals surface area contributed by atoms with Crippen molar-refractivity contribution in [1.29, 1.82) is 0 Å². The fraction of sp³-hybridized carbons (Fsp3) is 0.467. The number of unbranched alkanes of at least 4 members (excludes halogenated alkanes) is 4. The van der Waals surface area contributed by atoms with Crippen LogP contribution in [-0.2, 0) is 6.42 Å². The van der Waals surface area contributed by atoms with Crippen molar-refractivity contribution in [2.45, 2.75) is 45.4 Å². The Morgan fingerprint density at radius 1 is 1.13 bits per heavy atom. The molecular formula is C15H22. The van der Waals surface area contributed by atoms with Crippen molar-refractivity contribution < 1.29 is 0 Å². The molecule has 0 heterocycles. The highest BCUT2D eigenvalue weighted by Gasteiger charge is 1.93. The zero-order valence-corrected chi connectivity index (χ0v) is 9.84. The molecule has 1 aromatic rings. The molecule has 15 heavy (non-hydrogen) atoms. The van der Waals surface area contributed by atoms with Gasteiger partial charge in [0.05, 0.1) is 0 Å². The molecule has 0 heteroatoms. The van der Waals surface area contributed by atoms with Gasteiger partial charge in [-0.15, -0.1) is 6.58 Å². The van der Waals surface area contributed by atoms with E-state index < -0.39 is 0 Å². The number of allylic oxidation sites excluding steroid dienone is 1. The Kier molecular flexibility index (Phi) is 5.84. The Morgan fingerprint density at radius 3 is 2.67 bits per heavy atom. The molecule has 0 radical (unpaired) electrons. The van der Waals surface area contributed by atoms with E-state index in [1.165, 1.54) is 49.7 Å². The Labute approximate surface area is 94.0 Å². The summed E-state index contributed by atoms with van der Waals surface area (Å²) in [7, 11) is 0. The quantitative estimate of drug-likeness (QED) is 0.445. The molecule has 1 aromatic carbocycles. The molecule has 0 aliphatic carbocycles. The fourth-order valence-corrected chi connectivity index (χ4v) is 1.84. The van der Waals surface area contributed by atoms with Crippen molar-refractivity contribution in [3.8, 4) is 0 Å². The van der Waals surface area contributed by atoms with E-state index >= 15 is 0 Å². The third kappa shape index (κ3) is 5.41. The first-order chi connectivity index (χ1) is 7.33. The summed E-state index contributed by atoms with van der Waals surface area (Å²) in [5.41, 5.74) is 2.86. The summed E-state index contributed by atoms with van der Waals surface area (Å²) in [4.78, 5) is 0. The molecule has 0 spiro atoms. The topological polar surface area (TPSA) is 0 Å². The maximum Gasteiger partial charge on any atom is -0.0279 e. The lowest BCUT2D eigenvalue weighted by Gasteiger charge is -2.02. The van der Waals surface area contributed by atoms with Crippen LogP contribution in [0.5, 0.6) is 0 Å². The number of hydrogen-bond acceptors (Lipinski definition) is 0. The molecule has 82 valence electrons. The molecule has 0 bridgehead atoms. The average Bonchev–Trinajstić information content (AvgIpc) is 2.23. The van der Waals surface area contributed by atoms with Crippen LogP contribution < -0.4 is 0 Å². The molecule has 1 rings (SSSR count). The van der Waals surface area contributed by atoms with Gasteiger partial charge < -0.3 is 0 Å². The summed E-state index contributed by atoms with van der Waals surface area (Å²) >= 11 is 0. The largest absolute Gasteiger partial charge is 0.103 e.